The van der Waals surface area contributed by atoms with Gasteiger partial charge in [-0.15, -0.1) is 0 Å². The highest BCUT2D eigenvalue weighted by Gasteiger charge is 2.00. The predicted octanol–water partition coefficient (Wildman–Crippen LogP) is 2.47. The van der Waals surface area contributed by atoms with E-state index in [1.54, 1.807) is 55.1 Å². The van der Waals surface area contributed by atoms with Crippen LogP contribution in [-0.4, -0.2) is 21.4 Å². The second-order valence-corrected chi connectivity index (χ2v) is 5.47. The van der Waals surface area contributed by atoms with Crippen LogP contribution in [0.3, 0.4) is 0 Å². The minimum absolute atomic E-state index is 0.223. The molecule has 102 valence electrons. The molecule has 1 unspecified atom stereocenters. The highest BCUT2D eigenvalue weighted by molar-refractivity contribution is 7.84. The smallest absolute Gasteiger partial charge is 0.248 e. The molecule has 1 heterocycles. The number of amides is 1. The zero-order chi connectivity index (χ0) is 14.4. The van der Waals surface area contributed by atoms with Gasteiger partial charge in [-0.2, -0.15) is 0 Å². The molecular formula is C15H14N2O2S. The summed E-state index contributed by atoms with van der Waals surface area (Å²) >= 11 is 0. The average Bonchev–Trinajstić information content (AvgIpc) is 2.47. The van der Waals surface area contributed by atoms with Crippen molar-refractivity contribution in [3.05, 3.63) is 60.4 Å². The van der Waals surface area contributed by atoms with Crippen LogP contribution in [0.25, 0.3) is 6.08 Å². The van der Waals surface area contributed by atoms with Crippen LogP contribution >= 0.6 is 0 Å². The summed E-state index contributed by atoms with van der Waals surface area (Å²) in [7, 11) is -1.01. The Morgan fingerprint density at radius 3 is 2.60 bits per heavy atom. The first-order chi connectivity index (χ1) is 9.65. The van der Waals surface area contributed by atoms with Crippen molar-refractivity contribution < 1.29 is 9.00 Å². The van der Waals surface area contributed by atoms with Crippen molar-refractivity contribution in [2.45, 2.75) is 4.90 Å². The summed E-state index contributed by atoms with van der Waals surface area (Å²) in [5.41, 5.74) is 1.53. The lowest BCUT2D eigenvalue weighted by molar-refractivity contribution is -0.111. The van der Waals surface area contributed by atoms with E-state index in [0.29, 0.717) is 5.69 Å². The minimum Gasteiger partial charge on any atom is -0.323 e. The number of anilines is 1. The van der Waals surface area contributed by atoms with Crippen molar-refractivity contribution in [3.63, 3.8) is 0 Å². The fourth-order valence-corrected chi connectivity index (χ4v) is 2.08. The van der Waals surface area contributed by atoms with Gasteiger partial charge in [0.2, 0.25) is 5.91 Å². The number of carbonyl (C=O) groups is 1. The van der Waals surface area contributed by atoms with Gasteiger partial charge in [-0.25, -0.2) is 0 Å². The summed E-state index contributed by atoms with van der Waals surface area (Å²) in [6.07, 6.45) is 8.11. The van der Waals surface area contributed by atoms with E-state index in [1.807, 2.05) is 6.07 Å². The molecule has 2 aromatic rings. The first-order valence-corrected chi connectivity index (χ1v) is 7.53. The second-order valence-electron chi connectivity index (χ2n) is 4.09. The molecule has 0 bridgehead atoms. The van der Waals surface area contributed by atoms with Gasteiger partial charge in [0.15, 0.2) is 0 Å². The normalized spacial score (nSPS) is 12.2. The topological polar surface area (TPSA) is 59.1 Å². The lowest BCUT2D eigenvalue weighted by Gasteiger charge is -2.03. The predicted molar refractivity (Wildman–Crippen MR) is 80.7 cm³/mol. The lowest BCUT2D eigenvalue weighted by atomic mass is 10.2. The standard InChI is InChI=1S/C15H14N2O2S/c1-20(19)14-7-5-13(6-8-14)17-15(18)9-4-12-3-2-10-16-11-12/h2-11H,1H3,(H,17,18). The van der Waals surface area contributed by atoms with Crippen LogP contribution in [-0.2, 0) is 15.6 Å². The van der Waals surface area contributed by atoms with Crippen LogP contribution in [0, 0.1) is 0 Å². The van der Waals surface area contributed by atoms with E-state index in [0.717, 1.165) is 10.5 Å². The SMILES string of the molecule is CS(=O)c1ccc(NC(=O)C=Cc2cccnc2)cc1. The van der Waals surface area contributed by atoms with Crippen molar-refractivity contribution in [1.82, 2.24) is 4.98 Å². The minimum atomic E-state index is -1.01. The molecule has 5 heteroatoms. The van der Waals surface area contributed by atoms with E-state index in [-0.39, 0.29) is 5.91 Å². The maximum atomic E-state index is 11.7. The summed E-state index contributed by atoms with van der Waals surface area (Å²) < 4.78 is 11.2. The van der Waals surface area contributed by atoms with Crippen molar-refractivity contribution in [3.8, 4) is 0 Å². The maximum Gasteiger partial charge on any atom is 0.248 e. The number of pyridine rings is 1. The van der Waals surface area contributed by atoms with Crippen molar-refractivity contribution in [2.75, 3.05) is 11.6 Å². The van der Waals surface area contributed by atoms with Gasteiger partial charge in [0.05, 0.1) is 0 Å². The molecule has 0 saturated heterocycles. The molecule has 0 fully saturated rings. The van der Waals surface area contributed by atoms with Gasteiger partial charge in [0, 0.05) is 46.1 Å². The van der Waals surface area contributed by atoms with E-state index < -0.39 is 10.8 Å². The van der Waals surface area contributed by atoms with Gasteiger partial charge in [0.1, 0.15) is 0 Å². The molecule has 0 spiro atoms. The molecule has 1 aromatic heterocycles. The van der Waals surface area contributed by atoms with Crippen LogP contribution < -0.4 is 5.32 Å². The van der Waals surface area contributed by atoms with Crippen LogP contribution in [0.15, 0.2) is 59.8 Å². The highest BCUT2D eigenvalue weighted by atomic mass is 32.2. The Bertz CT molecular complexity index is 637. The first-order valence-electron chi connectivity index (χ1n) is 5.98. The Morgan fingerprint density at radius 2 is 2.00 bits per heavy atom. The Hall–Kier alpha value is -2.27. The molecule has 20 heavy (non-hydrogen) atoms. The molecular weight excluding hydrogens is 272 g/mol. The molecule has 1 aromatic carbocycles. The Labute approximate surface area is 120 Å². The molecule has 1 N–H and O–H groups in total. The fourth-order valence-electron chi connectivity index (χ4n) is 1.56. The number of nitrogens with one attached hydrogen (secondary N) is 1. The van der Waals surface area contributed by atoms with E-state index >= 15 is 0 Å². The number of rotatable bonds is 4. The molecule has 0 aliphatic carbocycles. The molecule has 0 aliphatic heterocycles. The van der Waals surface area contributed by atoms with Gasteiger partial charge in [-0.05, 0) is 42.0 Å². The Morgan fingerprint density at radius 1 is 1.25 bits per heavy atom. The third-order valence-corrected chi connectivity index (χ3v) is 3.50. The second kappa shape index (κ2) is 6.77. The summed E-state index contributed by atoms with van der Waals surface area (Å²) in [6, 6.07) is 10.6. The maximum absolute atomic E-state index is 11.7. The van der Waals surface area contributed by atoms with Gasteiger partial charge >= 0.3 is 0 Å². The molecule has 1 amide bonds. The zero-order valence-electron chi connectivity index (χ0n) is 10.9. The van der Waals surface area contributed by atoms with E-state index in [2.05, 4.69) is 10.3 Å². The molecule has 1 atom stereocenters. The molecule has 0 aliphatic rings. The monoisotopic (exact) mass is 286 g/mol. The quantitative estimate of drug-likeness (QED) is 0.878. The van der Waals surface area contributed by atoms with Crippen LogP contribution in [0.5, 0.6) is 0 Å². The number of benzene rings is 1. The van der Waals surface area contributed by atoms with Crippen LogP contribution in [0.1, 0.15) is 5.56 Å². The van der Waals surface area contributed by atoms with Crippen LogP contribution in [0.4, 0.5) is 5.69 Å². The van der Waals surface area contributed by atoms with E-state index in [9.17, 15) is 9.00 Å². The Balaban J connectivity index is 1.98. The average molecular weight is 286 g/mol. The summed E-state index contributed by atoms with van der Waals surface area (Å²) in [6.45, 7) is 0. The Kier molecular flexibility index (Phi) is 4.79. The summed E-state index contributed by atoms with van der Waals surface area (Å²) in [5, 5.41) is 2.73. The summed E-state index contributed by atoms with van der Waals surface area (Å²) in [5.74, 6) is -0.223. The van der Waals surface area contributed by atoms with E-state index in [4.69, 9.17) is 0 Å². The van der Waals surface area contributed by atoms with Gasteiger partial charge in [0.25, 0.3) is 0 Å². The van der Waals surface area contributed by atoms with Crippen molar-refractivity contribution >= 4 is 28.5 Å². The number of aromatic nitrogens is 1. The number of hydrogen-bond acceptors (Lipinski definition) is 3. The van der Waals surface area contributed by atoms with Crippen molar-refractivity contribution in [1.29, 1.82) is 0 Å². The molecule has 0 radical (unpaired) electrons. The third kappa shape index (κ3) is 4.13. The number of carbonyl (C=O) groups excluding carboxylic acids is 1. The lowest BCUT2D eigenvalue weighted by Crippen LogP contribution is -2.07. The fraction of sp³-hybridized carbons (Fsp3) is 0.0667. The van der Waals surface area contributed by atoms with E-state index in [1.165, 1.54) is 6.08 Å². The zero-order valence-corrected chi connectivity index (χ0v) is 11.8. The number of nitrogens with zero attached hydrogens (tertiary/aromatic N) is 1. The highest BCUT2D eigenvalue weighted by Crippen LogP contribution is 2.12. The van der Waals surface area contributed by atoms with Crippen molar-refractivity contribution in [2.24, 2.45) is 0 Å². The largest absolute Gasteiger partial charge is 0.323 e. The first kappa shape index (κ1) is 14.1. The third-order valence-electron chi connectivity index (χ3n) is 2.57. The van der Waals surface area contributed by atoms with Gasteiger partial charge in [-0.1, -0.05) is 6.07 Å². The molecule has 2 rings (SSSR count). The van der Waals surface area contributed by atoms with Crippen LogP contribution in [0.2, 0.25) is 0 Å². The molecule has 4 nitrogen and oxygen atoms in total. The van der Waals surface area contributed by atoms with Gasteiger partial charge < -0.3 is 5.32 Å². The van der Waals surface area contributed by atoms with Gasteiger partial charge in [-0.3, -0.25) is 14.0 Å². The number of hydrogen-bond donors (Lipinski definition) is 1. The summed E-state index contributed by atoms with van der Waals surface area (Å²) in [4.78, 5) is 16.4. The molecule has 0 saturated carbocycles.